The SMILES string of the molecule is CCCC(C)C(=O)NCC(O)c1ccc(F)cc1. The van der Waals surface area contributed by atoms with E-state index in [-0.39, 0.29) is 24.2 Å². The lowest BCUT2D eigenvalue weighted by molar-refractivity contribution is -0.125. The standard InChI is InChI=1S/C14H20FNO2/c1-3-4-10(2)14(18)16-9-13(17)11-5-7-12(15)8-6-11/h5-8,10,13,17H,3-4,9H2,1-2H3,(H,16,18). The summed E-state index contributed by atoms with van der Waals surface area (Å²) in [5.74, 6) is -0.444. The summed E-state index contributed by atoms with van der Waals surface area (Å²) in [5, 5.41) is 12.5. The largest absolute Gasteiger partial charge is 0.387 e. The number of nitrogens with one attached hydrogen (secondary N) is 1. The van der Waals surface area contributed by atoms with Crippen LogP contribution in [0.2, 0.25) is 0 Å². The van der Waals surface area contributed by atoms with E-state index >= 15 is 0 Å². The molecule has 100 valence electrons. The monoisotopic (exact) mass is 253 g/mol. The van der Waals surface area contributed by atoms with Gasteiger partial charge in [0.05, 0.1) is 6.10 Å². The van der Waals surface area contributed by atoms with Crippen molar-refractivity contribution in [2.45, 2.75) is 32.8 Å². The number of carbonyl (C=O) groups is 1. The minimum Gasteiger partial charge on any atom is -0.387 e. The summed E-state index contributed by atoms with van der Waals surface area (Å²) in [6, 6.07) is 5.61. The van der Waals surface area contributed by atoms with Crippen molar-refractivity contribution in [3.8, 4) is 0 Å². The van der Waals surface area contributed by atoms with Gasteiger partial charge >= 0.3 is 0 Å². The van der Waals surface area contributed by atoms with Crippen molar-refractivity contribution >= 4 is 5.91 Å². The number of hydrogen-bond acceptors (Lipinski definition) is 2. The van der Waals surface area contributed by atoms with E-state index in [0.717, 1.165) is 12.8 Å². The van der Waals surface area contributed by atoms with Crippen LogP contribution in [0, 0.1) is 11.7 Å². The highest BCUT2D eigenvalue weighted by atomic mass is 19.1. The third-order valence-electron chi connectivity index (χ3n) is 2.89. The van der Waals surface area contributed by atoms with E-state index in [2.05, 4.69) is 5.32 Å². The van der Waals surface area contributed by atoms with Crippen molar-refractivity contribution in [3.05, 3.63) is 35.6 Å². The molecule has 0 fully saturated rings. The van der Waals surface area contributed by atoms with Gasteiger partial charge in [0, 0.05) is 12.5 Å². The molecule has 0 radical (unpaired) electrons. The molecular weight excluding hydrogens is 233 g/mol. The van der Waals surface area contributed by atoms with E-state index in [1.165, 1.54) is 24.3 Å². The molecule has 0 heterocycles. The number of carbonyl (C=O) groups excluding carboxylic acids is 1. The molecule has 0 aliphatic rings. The van der Waals surface area contributed by atoms with Crippen molar-refractivity contribution in [3.63, 3.8) is 0 Å². The molecule has 2 atom stereocenters. The molecule has 1 aromatic rings. The third kappa shape index (κ3) is 4.45. The van der Waals surface area contributed by atoms with E-state index in [9.17, 15) is 14.3 Å². The van der Waals surface area contributed by atoms with E-state index in [1.807, 2.05) is 13.8 Å². The molecule has 18 heavy (non-hydrogen) atoms. The Morgan fingerprint density at radius 1 is 1.39 bits per heavy atom. The van der Waals surface area contributed by atoms with Crippen molar-refractivity contribution < 1.29 is 14.3 Å². The zero-order chi connectivity index (χ0) is 13.5. The van der Waals surface area contributed by atoms with Gasteiger partial charge in [0.2, 0.25) is 5.91 Å². The van der Waals surface area contributed by atoms with Gasteiger partial charge < -0.3 is 10.4 Å². The second kappa shape index (κ2) is 7.11. The maximum Gasteiger partial charge on any atom is 0.222 e. The van der Waals surface area contributed by atoms with Crippen molar-refractivity contribution in [2.75, 3.05) is 6.54 Å². The first-order valence-corrected chi connectivity index (χ1v) is 6.25. The summed E-state index contributed by atoms with van der Waals surface area (Å²) in [4.78, 5) is 11.6. The Morgan fingerprint density at radius 3 is 2.56 bits per heavy atom. The van der Waals surface area contributed by atoms with E-state index < -0.39 is 6.10 Å². The third-order valence-corrected chi connectivity index (χ3v) is 2.89. The lowest BCUT2D eigenvalue weighted by Crippen LogP contribution is -2.32. The Hall–Kier alpha value is -1.42. The summed E-state index contributed by atoms with van der Waals surface area (Å²) in [5.41, 5.74) is 0.597. The predicted molar refractivity (Wildman–Crippen MR) is 68.4 cm³/mol. The van der Waals surface area contributed by atoms with Crippen molar-refractivity contribution in [1.82, 2.24) is 5.32 Å². The van der Waals surface area contributed by atoms with Crippen LogP contribution in [0.25, 0.3) is 0 Å². The van der Waals surface area contributed by atoms with Gasteiger partial charge in [-0.1, -0.05) is 32.4 Å². The van der Waals surface area contributed by atoms with E-state index in [0.29, 0.717) is 5.56 Å². The summed E-state index contributed by atoms with van der Waals surface area (Å²) in [6.45, 7) is 4.04. The first-order chi connectivity index (χ1) is 8.54. The lowest BCUT2D eigenvalue weighted by atomic mass is 10.0. The lowest BCUT2D eigenvalue weighted by Gasteiger charge is -2.15. The molecule has 4 heteroatoms. The first kappa shape index (κ1) is 14.6. The van der Waals surface area contributed by atoms with Crippen LogP contribution in [0.1, 0.15) is 38.4 Å². The quantitative estimate of drug-likeness (QED) is 0.818. The number of aliphatic hydroxyl groups excluding tert-OH is 1. The number of aliphatic hydroxyl groups is 1. The molecule has 0 saturated carbocycles. The minimum atomic E-state index is -0.802. The van der Waals surface area contributed by atoms with E-state index in [1.54, 1.807) is 0 Å². The van der Waals surface area contributed by atoms with Crippen molar-refractivity contribution in [1.29, 1.82) is 0 Å². The van der Waals surface area contributed by atoms with Gasteiger partial charge in [0.15, 0.2) is 0 Å². The van der Waals surface area contributed by atoms with Gasteiger partial charge in [0.25, 0.3) is 0 Å². The second-order valence-electron chi connectivity index (χ2n) is 4.50. The van der Waals surface area contributed by atoms with Crippen LogP contribution in [0.3, 0.4) is 0 Å². The van der Waals surface area contributed by atoms with Crippen LogP contribution in [-0.4, -0.2) is 17.6 Å². The fraction of sp³-hybridized carbons (Fsp3) is 0.500. The zero-order valence-corrected chi connectivity index (χ0v) is 10.8. The summed E-state index contributed by atoms with van der Waals surface area (Å²) >= 11 is 0. The Balaban J connectivity index is 2.43. The molecule has 1 rings (SSSR count). The Kier molecular flexibility index (Phi) is 5.78. The molecule has 0 aliphatic heterocycles. The molecule has 0 spiro atoms. The van der Waals surface area contributed by atoms with E-state index in [4.69, 9.17) is 0 Å². The van der Waals surface area contributed by atoms with Crippen LogP contribution in [0.15, 0.2) is 24.3 Å². The number of halogens is 1. The zero-order valence-electron chi connectivity index (χ0n) is 10.8. The number of benzene rings is 1. The van der Waals surface area contributed by atoms with Gasteiger partial charge in [-0.15, -0.1) is 0 Å². The predicted octanol–water partition coefficient (Wildman–Crippen LogP) is 2.41. The molecule has 2 N–H and O–H groups in total. The molecule has 3 nitrogen and oxygen atoms in total. The highest BCUT2D eigenvalue weighted by molar-refractivity contribution is 5.78. The Morgan fingerprint density at radius 2 is 2.00 bits per heavy atom. The number of rotatable bonds is 6. The van der Waals surface area contributed by atoms with Gasteiger partial charge in [-0.05, 0) is 24.1 Å². The maximum atomic E-state index is 12.7. The highest BCUT2D eigenvalue weighted by Gasteiger charge is 2.14. The fourth-order valence-corrected chi connectivity index (χ4v) is 1.74. The molecule has 0 aromatic heterocycles. The maximum absolute atomic E-state index is 12.7. The average molecular weight is 253 g/mol. The smallest absolute Gasteiger partial charge is 0.222 e. The topological polar surface area (TPSA) is 49.3 Å². The van der Waals surface area contributed by atoms with Crippen molar-refractivity contribution in [2.24, 2.45) is 5.92 Å². The molecule has 1 aromatic carbocycles. The summed E-state index contributed by atoms with van der Waals surface area (Å²) in [6.07, 6.45) is 0.983. The Bertz CT molecular complexity index is 378. The second-order valence-corrected chi connectivity index (χ2v) is 4.50. The summed E-state index contributed by atoms with van der Waals surface area (Å²) < 4.78 is 12.7. The van der Waals surface area contributed by atoms with Crippen LogP contribution in [0.5, 0.6) is 0 Å². The fourth-order valence-electron chi connectivity index (χ4n) is 1.74. The van der Waals surface area contributed by atoms with Gasteiger partial charge in [-0.25, -0.2) is 4.39 Å². The molecule has 0 saturated heterocycles. The molecular formula is C14H20FNO2. The molecule has 0 bridgehead atoms. The van der Waals surface area contributed by atoms with Gasteiger partial charge in [-0.2, -0.15) is 0 Å². The molecule has 2 unspecified atom stereocenters. The number of amides is 1. The number of hydrogen-bond donors (Lipinski definition) is 2. The molecule has 0 aliphatic carbocycles. The minimum absolute atomic E-state index is 0.0459. The van der Waals surface area contributed by atoms with Crippen LogP contribution < -0.4 is 5.32 Å². The van der Waals surface area contributed by atoms with Gasteiger partial charge in [-0.3, -0.25) is 4.79 Å². The Labute approximate surface area is 107 Å². The highest BCUT2D eigenvalue weighted by Crippen LogP contribution is 2.13. The van der Waals surface area contributed by atoms with Crippen LogP contribution in [-0.2, 0) is 4.79 Å². The summed E-state index contributed by atoms with van der Waals surface area (Å²) in [7, 11) is 0. The van der Waals surface area contributed by atoms with Crippen LogP contribution >= 0.6 is 0 Å². The van der Waals surface area contributed by atoms with Crippen LogP contribution in [0.4, 0.5) is 4.39 Å². The normalized spacial score (nSPS) is 14.0. The first-order valence-electron chi connectivity index (χ1n) is 6.25. The average Bonchev–Trinajstić information content (AvgIpc) is 2.36. The van der Waals surface area contributed by atoms with Gasteiger partial charge in [0.1, 0.15) is 5.82 Å². The molecule has 1 amide bonds.